The molecule has 14 heteroatoms. The first-order valence-corrected chi connectivity index (χ1v) is 10.8. The number of rotatable bonds is 5. The second-order valence-corrected chi connectivity index (χ2v) is 8.25. The van der Waals surface area contributed by atoms with Gasteiger partial charge in [-0.3, -0.25) is 9.80 Å². The van der Waals surface area contributed by atoms with Crippen LogP contribution in [-0.2, 0) is 23.1 Å². The molecule has 2 N–H and O–H groups in total. The molecule has 2 amide bonds. The number of nitrogens with zero attached hydrogens (tertiary/aromatic N) is 4. The predicted molar refractivity (Wildman–Crippen MR) is 121 cm³/mol. The molecular formula is C20H24ClFN6O6. The average molecular weight is 499 g/mol. The molecule has 12 nitrogen and oxygen atoms in total. The van der Waals surface area contributed by atoms with Gasteiger partial charge in [-0.25, -0.2) is 42.7 Å². The van der Waals surface area contributed by atoms with Gasteiger partial charge in [0.05, 0.1) is 22.5 Å². The van der Waals surface area contributed by atoms with Crippen molar-refractivity contribution in [3.05, 3.63) is 54.4 Å². The van der Waals surface area contributed by atoms with Gasteiger partial charge in [0.1, 0.15) is 12.4 Å². The number of nitrogens with one attached hydrogen (secondary N) is 2. The number of esters is 1. The van der Waals surface area contributed by atoms with Crippen molar-refractivity contribution in [3.8, 4) is 5.69 Å². The Morgan fingerprint density at radius 1 is 1.18 bits per heavy atom. The predicted octanol–water partition coefficient (Wildman–Crippen LogP) is 0.574. The standard InChI is InChI=1S/C20H24ClFN6O6/c1-11(2)34-16(29)10-26-18(31)25(3)19(32)28(20(26)33)15-9-14(13(22)8-12(15)21)24-17(30)27-7-5-4-6-23-27/h8-9,11,23H,4-7,10H2,1-3H3,(H,24,30). The molecule has 1 aliphatic rings. The molecule has 1 aliphatic heterocycles. The molecule has 2 heterocycles. The fraction of sp³-hybridized carbons (Fsp3) is 0.450. The van der Waals surface area contributed by atoms with Crippen LogP contribution in [0.4, 0.5) is 14.9 Å². The smallest absolute Gasteiger partial charge is 0.341 e. The zero-order chi connectivity index (χ0) is 25.2. The number of hydrazine groups is 1. The van der Waals surface area contributed by atoms with Crippen LogP contribution in [0.1, 0.15) is 26.7 Å². The molecule has 1 aromatic carbocycles. The lowest BCUT2D eigenvalue weighted by Gasteiger charge is -2.27. The van der Waals surface area contributed by atoms with E-state index in [0.717, 1.165) is 32.0 Å². The highest BCUT2D eigenvalue weighted by Crippen LogP contribution is 2.26. The van der Waals surface area contributed by atoms with Crippen molar-refractivity contribution in [2.75, 3.05) is 18.4 Å². The summed E-state index contributed by atoms with van der Waals surface area (Å²) in [6.07, 6.45) is 1.15. The largest absolute Gasteiger partial charge is 0.462 e. The van der Waals surface area contributed by atoms with E-state index < -0.39 is 47.5 Å². The number of benzene rings is 1. The monoisotopic (exact) mass is 498 g/mol. The van der Waals surface area contributed by atoms with Crippen LogP contribution in [0, 0.1) is 5.82 Å². The van der Waals surface area contributed by atoms with E-state index in [4.69, 9.17) is 16.3 Å². The fourth-order valence-electron chi connectivity index (χ4n) is 3.32. The number of amides is 2. The Bertz CT molecular complexity index is 1290. The summed E-state index contributed by atoms with van der Waals surface area (Å²) in [6, 6.07) is 1.18. The van der Waals surface area contributed by atoms with E-state index in [1.807, 2.05) is 0 Å². The molecule has 1 saturated heterocycles. The summed E-state index contributed by atoms with van der Waals surface area (Å²) < 4.78 is 21.2. The number of carbonyl (C=O) groups excluding carboxylic acids is 2. The van der Waals surface area contributed by atoms with Crippen molar-refractivity contribution in [3.63, 3.8) is 0 Å². The number of anilines is 1. The van der Waals surface area contributed by atoms with Crippen LogP contribution >= 0.6 is 11.6 Å². The summed E-state index contributed by atoms with van der Waals surface area (Å²) in [6.45, 7) is 3.41. The molecule has 0 spiro atoms. The first-order chi connectivity index (χ1) is 16.0. The van der Waals surface area contributed by atoms with Crippen LogP contribution < -0.4 is 27.8 Å². The number of carbonyl (C=O) groups is 2. The average Bonchev–Trinajstić information content (AvgIpc) is 2.78. The Morgan fingerprint density at radius 2 is 1.88 bits per heavy atom. The molecule has 0 unspecified atom stereocenters. The van der Waals surface area contributed by atoms with Crippen LogP contribution in [0.25, 0.3) is 5.69 Å². The second-order valence-electron chi connectivity index (χ2n) is 7.85. The summed E-state index contributed by atoms with van der Waals surface area (Å²) in [5.74, 6) is -1.77. The lowest BCUT2D eigenvalue weighted by molar-refractivity contribution is -0.148. The van der Waals surface area contributed by atoms with Crippen LogP contribution in [0.5, 0.6) is 0 Å². The zero-order valence-electron chi connectivity index (χ0n) is 18.8. The van der Waals surface area contributed by atoms with Gasteiger partial charge >= 0.3 is 29.1 Å². The van der Waals surface area contributed by atoms with Crippen molar-refractivity contribution in [2.24, 2.45) is 7.05 Å². The summed E-state index contributed by atoms with van der Waals surface area (Å²) >= 11 is 6.12. The van der Waals surface area contributed by atoms with E-state index in [1.165, 1.54) is 5.01 Å². The van der Waals surface area contributed by atoms with Gasteiger partial charge in [0.2, 0.25) is 0 Å². The highest BCUT2D eigenvalue weighted by atomic mass is 35.5. The Morgan fingerprint density at radius 3 is 2.50 bits per heavy atom. The van der Waals surface area contributed by atoms with Gasteiger partial charge in [-0.15, -0.1) is 0 Å². The number of hydrogen-bond acceptors (Lipinski definition) is 7. The van der Waals surface area contributed by atoms with E-state index in [0.29, 0.717) is 26.8 Å². The zero-order valence-corrected chi connectivity index (χ0v) is 19.5. The third kappa shape index (κ3) is 5.20. The van der Waals surface area contributed by atoms with E-state index in [-0.39, 0.29) is 16.4 Å². The van der Waals surface area contributed by atoms with Crippen LogP contribution in [0.3, 0.4) is 0 Å². The van der Waals surface area contributed by atoms with Crippen molar-refractivity contribution in [2.45, 2.75) is 39.3 Å². The van der Waals surface area contributed by atoms with Crippen molar-refractivity contribution in [1.29, 1.82) is 0 Å². The maximum Gasteiger partial charge on any atom is 0.341 e. The van der Waals surface area contributed by atoms with E-state index in [9.17, 15) is 28.4 Å². The summed E-state index contributed by atoms with van der Waals surface area (Å²) in [7, 11) is 1.10. The Labute approximate surface area is 197 Å². The van der Waals surface area contributed by atoms with E-state index in [1.54, 1.807) is 13.8 Å². The van der Waals surface area contributed by atoms with Crippen LogP contribution in [0.15, 0.2) is 26.5 Å². The molecule has 2 aromatic rings. The summed E-state index contributed by atoms with van der Waals surface area (Å²) in [5, 5.41) is 3.32. The second kappa shape index (κ2) is 10.2. The minimum Gasteiger partial charge on any atom is -0.462 e. The van der Waals surface area contributed by atoms with Crippen molar-refractivity contribution >= 4 is 29.3 Å². The number of ether oxygens (including phenoxy) is 1. The third-order valence-corrected chi connectivity index (χ3v) is 5.25. The lowest BCUT2D eigenvalue weighted by atomic mass is 10.2. The normalized spacial score (nSPS) is 13.8. The maximum atomic E-state index is 14.6. The highest BCUT2D eigenvalue weighted by Gasteiger charge is 2.23. The molecule has 34 heavy (non-hydrogen) atoms. The molecule has 1 fully saturated rings. The fourth-order valence-corrected chi connectivity index (χ4v) is 3.55. The van der Waals surface area contributed by atoms with Crippen molar-refractivity contribution < 1.29 is 18.7 Å². The van der Waals surface area contributed by atoms with Gasteiger partial charge in [-0.2, -0.15) is 0 Å². The quantitative estimate of drug-likeness (QED) is 0.575. The molecule has 3 rings (SSSR count). The van der Waals surface area contributed by atoms with Crippen molar-refractivity contribution in [1.82, 2.24) is 24.1 Å². The summed E-state index contributed by atoms with van der Waals surface area (Å²) in [5.41, 5.74) is -1.07. The first-order valence-electron chi connectivity index (χ1n) is 10.4. The number of hydrogen-bond donors (Lipinski definition) is 2. The van der Waals surface area contributed by atoms with Gasteiger partial charge < -0.3 is 10.1 Å². The maximum absolute atomic E-state index is 14.6. The van der Waals surface area contributed by atoms with Gasteiger partial charge in [0.25, 0.3) is 0 Å². The minimum atomic E-state index is -1.18. The molecule has 0 aliphatic carbocycles. The Hall–Kier alpha value is -3.45. The number of halogens is 2. The Kier molecular flexibility index (Phi) is 7.57. The van der Waals surface area contributed by atoms with Crippen LogP contribution in [0.2, 0.25) is 5.02 Å². The number of urea groups is 1. The Balaban J connectivity index is 2.08. The third-order valence-electron chi connectivity index (χ3n) is 4.95. The minimum absolute atomic E-state index is 0.290. The van der Waals surface area contributed by atoms with Crippen LogP contribution in [-0.4, -0.2) is 49.9 Å². The molecule has 0 atom stereocenters. The molecule has 0 saturated carbocycles. The highest BCUT2D eigenvalue weighted by molar-refractivity contribution is 6.32. The van der Waals surface area contributed by atoms with Gasteiger partial charge in [-0.1, -0.05) is 11.6 Å². The molecular weight excluding hydrogens is 475 g/mol. The van der Waals surface area contributed by atoms with Gasteiger partial charge in [0.15, 0.2) is 0 Å². The first kappa shape index (κ1) is 25.2. The van der Waals surface area contributed by atoms with E-state index in [2.05, 4.69) is 10.7 Å². The topological polar surface area (TPSA) is 137 Å². The van der Waals surface area contributed by atoms with Gasteiger partial charge in [-0.05, 0) is 38.8 Å². The molecule has 0 radical (unpaired) electrons. The van der Waals surface area contributed by atoms with Gasteiger partial charge in [0, 0.05) is 20.1 Å². The number of aromatic nitrogens is 3. The lowest BCUT2D eigenvalue weighted by Crippen LogP contribution is -2.54. The molecule has 184 valence electrons. The molecule has 1 aromatic heterocycles. The van der Waals surface area contributed by atoms with E-state index >= 15 is 0 Å². The summed E-state index contributed by atoms with van der Waals surface area (Å²) in [4.78, 5) is 62.8. The molecule has 0 bridgehead atoms. The SMILES string of the molecule is CC(C)OC(=O)Cn1c(=O)n(C)c(=O)n(-c2cc(NC(=O)N3CCCCN3)c(F)cc2Cl)c1=O.